The maximum atomic E-state index is 12.2. The van der Waals surface area contributed by atoms with E-state index < -0.39 is 5.69 Å². The van der Waals surface area contributed by atoms with Crippen molar-refractivity contribution in [2.75, 3.05) is 0 Å². The maximum absolute atomic E-state index is 12.2. The number of rotatable bonds is 1. The number of hydrogen-bond acceptors (Lipinski definition) is 3. The van der Waals surface area contributed by atoms with E-state index in [0.717, 1.165) is 27.5 Å². The molecule has 4 aromatic rings. The number of aromatic amines is 1. The Morgan fingerprint density at radius 1 is 0.960 bits per heavy atom. The minimum Gasteiger partial charge on any atom is -0.507 e. The van der Waals surface area contributed by atoms with Gasteiger partial charge in [-0.25, -0.2) is 4.79 Å². The third-order valence-electron chi connectivity index (χ3n) is 4.83. The number of fused-ring (bicyclic) bond motifs is 4. The molecule has 0 unspecified atom stereocenters. The van der Waals surface area contributed by atoms with Crippen LogP contribution in [0.4, 0.5) is 0 Å². The van der Waals surface area contributed by atoms with Gasteiger partial charge in [0.05, 0.1) is 11.4 Å². The molecule has 0 atom stereocenters. The first-order valence-corrected chi connectivity index (χ1v) is 8.15. The van der Waals surface area contributed by atoms with Gasteiger partial charge in [0, 0.05) is 23.1 Å². The van der Waals surface area contributed by atoms with Gasteiger partial charge in [0.15, 0.2) is 0 Å². The highest BCUT2D eigenvalue weighted by Crippen LogP contribution is 2.42. The zero-order chi connectivity index (χ0) is 17.0. The summed E-state index contributed by atoms with van der Waals surface area (Å²) < 4.78 is 0. The molecule has 0 saturated carbocycles. The normalized spacial score (nSPS) is 12.2. The summed E-state index contributed by atoms with van der Waals surface area (Å²) in [7, 11) is 0. The van der Waals surface area contributed by atoms with Crippen LogP contribution in [0.1, 0.15) is 11.1 Å². The van der Waals surface area contributed by atoms with E-state index in [2.05, 4.69) is 9.97 Å². The second-order valence-corrected chi connectivity index (χ2v) is 6.26. The van der Waals surface area contributed by atoms with Gasteiger partial charge in [0.25, 0.3) is 0 Å². The van der Waals surface area contributed by atoms with E-state index >= 15 is 0 Å². The summed E-state index contributed by atoms with van der Waals surface area (Å²) in [4.78, 5) is 19.3. The highest BCUT2D eigenvalue weighted by atomic mass is 16.3. The van der Waals surface area contributed by atoms with Crippen molar-refractivity contribution < 1.29 is 5.11 Å². The topological polar surface area (TPSA) is 66.0 Å². The van der Waals surface area contributed by atoms with E-state index in [1.54, 1.807) is 6.07 Å². The second-order valence-electron chi connectivity index (χ2n) is 6.26. The quantitative estimate of drug-likeness (QED) is 0.491. The third-order valence-corrected chi connectivity index (χ3v) is 4.83. The average molecular weight is 326 g/mol. The first kappa shape index (κ1) is 14.0. The zero-order valence-electron chi connectivity index (χ0n) is 13.3. The van der Waals surface area contributed by atoms with Crippen molar-refractivity contribution in [1.82, 2.24) is 9.97 Å². The molecule has 0 amide bonds. The number of benzene rings is 3. The molecule has 25 heavy (non-hydrogen) atoms. The van der Waals surface area contributed by atoms with E-state index in [0.29, 0.717) is 23.4 Å². The molecule has 3 aromatic carbocycles. The molecule has 0 fully saturated rings. The van der Waals surface area contributed by atoms with E-state index in [1.807, 2.05) is 54.6 Å². The van der Waals surface area contributed by atoms with Crippen LogP contribution in [-0.4, -0.2) is 15.1 Å². The molecule has 120 valence electrons. The van der Waals surface area contributed by atoms with Gasteiger partial charge >= 0.3 is 5.69 Å². The lowest BCUT2D eigenvalue weighted by Gasteiger charge is -2.12. The largest absolute Gasteiger partial charge is 0.507 e. The fourth-order valence-electron chi connectivity index (χ4n) is 3.72. The molecule has 0 bridgehead atoms. The molecule has 1 heterocycles. The number of nitrogens with one attached hydrogen (secondary N) is 1. The van der Waals surface area contributed by atoms with Crippen molar-refractivity contribution in [2.24, 2.45) is 0 Å². The van der Waals surface area contributed by atoms with Crippen LogP contribution in [0.25, 0.3) is 33.3 Å². The van der Waals surface area contributed by atoms with Gasteiger partial charge in [-0.3, -0.25) is 0 Å². The van der Waals surface area contributed by atoms with Gasteiger partial charge in [0.2, 0.25) is 0 Å². The summed E-state index contributed by atoms with van der Waals surface area (Å²) in [6.07, 6.45) is 0.688. The molecule has 1 aliphatic carbocycles. The number of aromatic hydroxyl groups is 1. The lowest BCUT2D eigenvalue weighted by Crippen LogP contribution is -2.13. The van der Waals surface area contributed by atoms with Gasteiger partial charge in [-0.2, -0.15) is 4.98 Å². The predicted octanol–water partition coefficient (Wildman–Crippen LogP) is 3.87. The number of H-pyrrole nitrogens is 1. The van der Waals surface area contributed by atoms with Gasteiger partial charge in [-0.1, -0.05) is 54.6 Å². The summed E-state index contributed by atoms with van der Waals surface area (Å²) in [5, 5.41) is 12.5. The van der Waals surface area contributed by atoms with Crippen LogP contribution in [0.3, 0.4) is 0 Å². The van der Waals surface area contributed by atoms with Gasteiger partial charge in [0.1, 0.15) is 5.75 Å². The van der Waals surface area contributed by atoms with E-state index in [1.165, 1.54) is 0 Å². The first-order chi connectivity index (χ1) is 12.2. The van der Waals surface area contributed by atoms with Crippen molar-refractivity contribution in [2.45, 2.75) is 6.42 Å². The SMILES string of the molecule is O=c1nc2c(c(-c3c(O)ccc4ccccc34)[nH]1)Cc1ccccc1-2. The van der Waals surface area contributed by atoms with Crippen molar-refractivity contribution in [3.63, 3.8) is 0 Å². The predicted molar refractivity (Wildman–Crippen MR) is 97.7 cm³/mol. The van der Waals surface area contributed by atoms with Crippen LogP contribution in [0.5, 0.6) is 5.75 Å². The van der Waals surface area contributed by atoms with Crippen molar-refractivity contribution in [3.05, 3.63) is 82.3 Å². The molecular formula is C21H14N2O2. The van der Waals surface area contributed by atoms with Crippen LogP contribution in [0, 0.1) is 0 Å². The molecule has 4 heteroatoms. The van der Waals surface area contributed by atoms with Gasteiger partial charge in [-0.15, -0.1) is 0 Å². The van der Waals surface area contributed by atoms with Crippen LogP contribution < -0.4 is 5.69 Å². The standard InChI is InChI=1S/C21H14N2O2/c24-17-10-9-12-5-1-3-7-14(12)18(17)20-16-11-13-6-2-4-8-15(13)19(16)22-21(25)23-20/h1-10,24H,11H2,(H,22,23,25). The number of nitrogens with zero attached hydrogens (tertiary/aromatic N) is 1. The Kier molecular flexibility index (Phi) is 2.82. The summed E-state index contributed by atoms with van der Waals surface area (Å²) in [6, 6.07) is 19.4. The fraction of sp³-hybridized carbons (Fsp3) is 0.0476. The highest BCUT2D eigenvalue weighted by Gasteiger charge is 2.26. The average Bonchev–Trinajstić information content (AvgIpc) is 3.00. The van der Waals surface area contributed by atoms with Gasteiger partial charge < -0.3 is 10.1 Å². The molecular weight excluding hydrogens is 312 g/mol. The van der Waals surface area contributed by atoms with E-state index in [4.69, 9.17) is 0 Å². The smallest absolute Gasteiger partial charge is 0.345 e. The second kappa shape index (κ2) is 5.05. The third kappa shape index (κ3) is 2.01. The summed E-state index contributed by atoms with van der Waals surface area (Å²) in [6.45, 7) is 0. The highest BCUT2D eigenvalue weighted by molar-refractivity contribution is 6.00. The number of phenols is 1. The lowest BCUT2D eigenvalue weighted by molar-refractivity contribution is 0.478. The Balaban J connectivity index is 1.88. The summed E-state index contributed by atoms with van der Waals surface area (Å²) >= 11 is 0. The molecule has 1 aromatic heterocycles. The molecule has 0 radical (unpaired) electrons. The minimum atomic E-state index is -0.405. The van der Waals surface area contributed by atoms with Crippen LogP contribution >= 0.6 is 0 Å². The Morgan fingerprint density at radius 2 is 1.76 bits per heavy atom. The lowest BCUT2D eigenvalue weighted by atomic mass is 9.97. The fourth-order valence-corrected chi connectivity index (χ4v) is 3.72. The first-order valence-electron chi connectivity index (χ1n) is 8.15. The van der Waals surface area contributed by atoms with Crippen LogP contribution in [0.15, 0.2) is 65.5 Å². The van der Waals surface area contributed by atoms with E-state index in [-0.39, 0.29) is 5.75 Å². The Hall–Kier alpha value is -3.40. The van der Waals surface area contributed by atoms with Crippen molar-refractivity contribution >= 4 is 10.8 Å². The van der Waals surface area contributed by atoms with Crippen LogP contribution in [-0.2, 0) is 6.42 Å². The number of phenolic OH excluding ortho intramolecular Hbond substituents is 1. The Morgan fingerprint density at radius 3 is 2.68 bits per heavy atom. The maximum Gasteiger partial charge on any atom is 0.345 e. The molecule has 0 aliphatic heterocycles. The number of hydrogen-bond donors (Lipinski definition) is 2. The summed E-state index contributed by atoms with van der Waals surface area (Å²) in [5.74, 6) is 0.152. The molecule has 1 aliphatic rings. The molecule has 0 spiro atoms. The van der Waals surface area contributed by atoms with Crippen molar-refractivity contribution in [1.29, 1.82) is 0 Å². The molecule has 2 N–H and O–H groups in total. The minimum absolute atomic E-state index is 0.152. The Labute approximate surface area is 143 Å². The molecule has 0 saturated heterocycles. The molecule has 5 rings (SSSR count). The number of aromatic nitrogens is 2. The van der Waals surface area contributed by atoms with Gasteiger partial charge in [-0.05, 0) is 22.4 Å². The monoisotopic (exact) mass is 326 g/mol. The summed E-state index contributed by atoms with van der Waals surface area (Å²) in [5.41, 5.74) is 4.70. The zero-order valence-corrected chi connectivity index (χ0v) is 13.3. The van der Waals surface area contributed by atoms with E-state index in [9.17, 15) is 9.90 Å². The molecule has 4 nitrogen and oxygen atoms in total. The van der Waals surface area contributed by atoms with Crippen molar-refractivity contribution in [3.8, 4) is 28.3 Å². The van der Waals surface area contributed by atoms with Crippen LogP contribution in [0.2, 0.25) is 0 Å². The Bertz CT molecular complexity index is 1210.